The second kappa shape index (κ2) is 4.86. The summed E-state index contributed by atoms with van der Waals surface area (Å²) in [4.78, 5) is 11.2. The lowest BCUT2D eigenvalue weighted by Gasteiger charge is -2.22. The summed E-state index contributed by atoms with van der Waals surface area (Å²) in [7, 11) is -3.45. The highest BCUT2D eigenvalue weighted by atomic mass is 32.2. The topological polar surface area (TPSA) is 74.7 Å². The van der Waals surface area contributed by atoms with E-state index in [-0.39, 0.29) is 17.8 Å². The second-order valence-electron chi connectivity index (χ2n) is 5.55. The first-order valence-corrected chi connectivity index (χ1v) is 8.38. The highest BCUT2D eigenvalue weighted by molar-refractivity contribution is 7.88. The molecule has 1 aromatic rings. The van der Waals surface area contributed by atoms with Crippen LogP contribution in [0.4, 0.5) is 0 Å². The molecule has 2 aliphatic heterocycles. The van der Waals surface area contributed by atoms with Crippen LogP contribution in [0.25, 0.3) is 0 Å². The van der Waals surface area contributed by atoms with Crippen molar-refractivity contribution in [1.29, 1.82) is 0 Å². The highest BCUT2D eigenvalue weighted by Crippen LogP contribution is 2.44. The van der Waals surface area contributed by atoms with E-state index in [9.17, 15) is 18.3 Å². The molecular weight excluding hydrogens is 278 g/mol. The van der Waals surface area contributed by atoms with Crippen LogP contribution in [0.15, 0.2) is 30.3 Å². The highest BCUT2D eigenvalue weighted by Gasteiger charge is 2.53. The average Bonchev–Trinajstić information content (AvgIpc) is 2.97. The van der Waals surface area contributed by atoms with Crippen molar-refractivity contribution in [3.05, 3.63) is 35.9 Å². The summed E-state index contributed by atoms with van der Waals surface area (Å²) in [5.41, 5.74) is 0.741. The zero-order valence-electron chi connectivity index (χ0n) is 11.0. The van der Waals surface area contributed by atoms with Gasteiger partial charge < -0.3 is 5.11 Å². The van der Waals surface area contributed by atoms with Crippen molar-refractivity contribution in [2.45, 2.75) is 37.1 Å². The number of sulfonamides is 1. The SMILES string of the molecule is O=C(O)C1CC2CCC1N2S(=O)(=O)Cc1ccccc1. The van der Waals surface area contributed by atoms with E-state index in [1.807, 2.05) is 18.2 Å². The van der Waals surface area contributed by atoms with Crippen LogP contribution in [0.5, 0.6) is 0 Å². The Morgan fingerprint density at radius 2 is 1.95 bits per heavy atom. The maximum Gasteiger partial charge on any atom is 0.308 e. The Morgan fingerprint density at radius 3 is 2.55 bits per heavy atom. The minimum atomic E-state index is -3.45. The van der Waals surface area contributed by atoms with Crippen molar-refractivity contribution in [2.24, 2.45) is 5.92 Å². The first-order valence-electron chi connectivity index (χ1n) is 6.77. The molecule has 2 saturated heterocycles. The second-order valence-corrected chi connectivity index (χ2v) is 7.42. The number of benzene rings is 1. The Kier molecular flexibility index (Phi) is 3.30. The molecule has 0 spiro atoms. The molecular formula is C14H17NO4S. The molecule has 3 atom stereocenters. The van der Waals surface area contributed by atoms with E-state index in [0.29, 0.717) is 12.8 Å². The van der Waals surface area contributed by atoms with Gasteiger partial charge in [-0.15, -0.1) is 0 Å². The molecule has 2 fully saturated rings. The third-order valence-corrected chi connectivity index (χ3v) is 6.21. The number of nitrogens with zero attached hydrogens (tertiary/aromatic N) is 1. The monoisotopic (exact) mass is 295 g/mol. The summed E-state index contributed by atoms with van der Waals surface area (Å²) in [5, 5.41) is 9.19. The van der Waals surface area contributed by atoms with Gasteiger partial charge in [0.25, 0.3) is 0 Å². The van der Waals surface area contributed by atoms with Crippen LogP contribution >= 0.6 is 0 Å². The summed E-state index contributed by atoms with van der Waals surface area (Å²) in [6, 6.07) is 8.54. The van der Waals surface area contributed by atoms with Gasteiger partial charge in [0.05, 0.1) is 11.7 Å². The van der Waals surface area contributed by atoms with Crippen molar-refractivity contribution in [3.8, 4) is 0 Å². The molecule has 1 N–H and O–H groups in total. The normalized spacial score (nSPS) is 29.7. The number of carboxylic acids is 1. The molecule has 1 aromatic carbocycles. The fourth-order valence-electron chi connectivity index (χ4n) is 3.50. The van der Waals surface area contributed by atoms with Gasteiger partial charge >= 0.3 is 5.97 Å². The number of rotatable bonds is 4. The molecule has 2 heterocycles. The third kappa shape index (κ3) is 2.23. The van der Waals surface area contributed by atoms with E-state index in [0.717, 1.165) is 12.0 Å². The van der Waals surface area contributed by atoms with E-state index in [4.69, 9.17) is 0 Å². The summed E-state index contributed by atoms with van der Waals surface area (Å²) >= 11 is 0. The van der Waals surface area contributed by atoms with Gasteiger partial charge in [-0.3, -0.25) is 4.79 Å². The number of aliphatic carboxylic acids is 1. The van der Waals surface area contributed by atoms with Crippen LogP contribution in [-0.2, 0) is 20.6 Å². The number of hydrogen-bond donors (Lipinski definition) is 1. The van der Waals surface area contributed by atoms with Gasteiger partial charge in [0.2, 0.25) is 10.0 Å². The number of hydrogen-bond acceptors (Lipinski definition) is 3. The third-order valence-electron chi connectivity index (χ3n) is 4.30. The minimum Gasteiger partial charge on any atom is -0.481 e. The smallest absolute Gasteiger partial charge is 0.308 e. The van der Waals surface area contributed by atoms with E-state index in [1.165, 1.54) is 4.31 Å². The Balaban J connectivity index is 1.84. The van der Waals surface area contributed by atoms with Crippen LogP contribution in [0.3, 0.4) is 0 Å². The molecule has 6 heteroatoms. The lowest BCUT2D eigenvalue weighted by molar-refractivity contribution is -0.142. The number of fused-ring (bicyclic) bond motifs is 2. The zero-order chi connectivity index (χ0) is 14.3. The van der Waals surface area contributed by atoms with Crippen LogP contribution in [0.2, 0.25) is 0 Å². The van der Waals surface area contributed by atoms with E-state index < -0.39 is 21.9 Å². The van der Waals surface area contributed by atoms with Crippen LogP contribution in [-0.4, -0.2) is 35.9 Å². The van der Waals surface area contributed by atoms with Gasteiger partial charge in [-0.2, -0.15) is 4.31 Å². The maximum atomic E-state index is 12.6. The van der Waals surface area contributed by atoms with Crippen molar-refractivity contribution in [2.75, 3.05) is 0 Å². The molecule has 108 valence electrons. The first kappa shape index (κ1) is 13.6. The quantitative estimate of drug-likeness (QED) is 0.912. The fourth-order valence-corrected chi connectivity index (χ4v) is 5.57. The van der Waals surface area contributed by atoms with Crippen molar-refractivity contribution in [3.63, 3.8) is 0 Å². The van der Waals surface area contributed by atoms with E-state index in [1.54, 1.807) is 12.1 Å². The van der Waals surface area contributed by atoms with E-state index in [2.05, 4.69) is 0 Å². The minimum absolute atomic E-state index is 0.0484. The number of carbonyl (C=O) groups is 1. The van der Waals surface area contributed by atoms with E-state index >= 15 is 0 Å². The summed E-state index contributed by atoms with van der Waals surface area (Å²) < 4.78 is 26.6. The molecule has 2 bridgehead atoms. The first-order chi connectivity index (χ1) is 9.49. The fraction of sp³-hybridized carbons (Fsp3) is 0.500. The Hall–Kier alpha value is -1.40. The van der Waals surface area contributed by atoms with Crippen LogP contribution < -0.4 is 0 Å². The molecule has 20 heavy (non-hydrogen) atoms. The Bertz CT molecular complexity index is 613. The molecule has 2 aliphatic rings. The molecule has 0 amide bonds. The molecule has 0 aromatic heterocycles. The van der Waals surface area contributed by atoms with Gasteiger partial charge in [-0.05, 0) is 24.8 Å². The number of carboxylic acid groups (broad SMARTS) is 1. The summed E-state index contributed by atoms with van der Waals surface area (Å²) in [5.74, 6) is -1.47. The lowest BCUT2D eigenvalue weighted by Crippen LogP contribution is -2.38. The molecule has 0 aliphatic carbocycles. The lowest BCUT2D eigenvalue weighted by atomic mass is 9.89. The largest absolute Gasteiger partial charge is 0.481 e. The van der Waals surface area contributed by atoms with Crippen molar-refractivity contribution in [1.82, 2.24) is 4.31 Å². The molecule has 5 nitrogen and oxygen atoms in total. The summed E-state index contributed by atoms with van der Waals surface area (Å²) in [6.45, 7) is 0. The van der Waals surface area contributed by atoms with Crippen molar-refractivity contribution < 1.29 is 18.3 Å². The standard InChI is InChI=1S/C14H17NO4S/c16-14(17)12-8-11-6-7-13(12)15(11)20(18,19)9-10-4-2-1-3-5-10/h1-5,11-13H,6-9H2,(H,16,17). The zero-order valence-corrected chi connectivity index (χ0v) is 11.8. The van der Waals surface area contributed by atoms with Gasteiger partial charge in [0.1, 0.15) is 0 Å². The Morgan fingerprint density at radius 1 is 1.25 bits per heavy atom. The predicted molar refractivity (Wildman–Crippen MR) is 73.5 cm³/mol. The molecule has 3 unspecified atom stereocenters. The molecule has 3 rings (SSSR count). The average molecular weight is 295 g/mol. The van der Waals surface area contributed by atoms with Crippen LogP contribution in [0, 0.1) is 5.92 Å². The molecule has 0 saturated carbocycles. The van der Waals surface area contributed by atoms with Gasteiger partial charge in [-0.1, -0.05) is 30.3 Å². The summed E-state index contributed by atoms with van der Waals surface area (Å²) in [6.07, 6.45) is 1.89. The molecule has 0 radical (unpaired) electrons. The predicted octanol–water partition coefficient (Wildman–Crippen LogP) is 1.45. The van der Waals surface area contributed by atoms with Gasteiger partial charge in [0.15, 0.2) is 0 Å². The van der Waals surface area contributed by atoms with Gasteiger partial charge in [0, 0.05) is 12.1 Å². The van der Waals surface area contributed by atoms with Crippen molar-refractivity contribution >= 4 is 16.0 Å². The maximum absolute atomic E-state index is 12.6. The van der Waals surface area contributed by atoms with Gasteiger partial charge in [-0.25, -0.2) is 8.42 Å². The Labute approximate surface area is 118 Å². The van der Waals surface area contributed by atoms with Crippen LogP contribution in [0.1, 0.15) is 24.8 Å².